The molecule has 3 rings (SSSR count). The summed E-state index contributed by atoms with van der Waals surface area (Å²) in [7, 11) is 1.63. The number of benzene rings is 2. The van der Waals surface area contributed by atoms with Gasteiger partial charge in [-0.15, -0.1) is 11.3 Å². The molecular formula is C16H12ClFN2OS. The highest BCUT2D eigenvalue weighted by molar-refractivity contribution is 7.16. The number of halogens is 2. The molecule has 22 heavy (non-hydrogen) atoms. The van der Waals surface area contributed by atoms with E-state index >= 15 is 0 Å². The Bertz CT molecular complexity index is 829. The van der Waals surface area contributed by atoms with Gasteiger partial charge in [-0.3, -0.25) is 4.79 Å². The fraction of sp³-hybridized carbons (Fsp3) is 0.125. The summed E-state index contributed by atoms with van der Waals surface area (Å²) in [6.07, 6.45) is 0. The highest BCUT2D eigenvalue weighted by Gasteiger charge is 2.16. The molecule has 0 aliphatic carbocycles. The van der Waals surface area contributed by atoms with Crippen LogP contribution in [0.2, 0.25) is 5.02 Å². The number of carbonyl (C=O) groups is 1. The van der Waals surface area contributed by atoms with E-state index in [1.54, 1.807) is 36.8 Å². The Morgan fingerprint density at radius 3 is 2.95 bits per heavy atom. The van der Waals surface area contributed by atoms with Crippen LogP contribution in [0.1, 0.15) is 15.9 Å². The van der Waals surface area contributed by atoms with Crippen LogP contribution in [-0.2, 0) is 6.54 Å². The van der Waals surface area contributed by atoms with Crippen LogP contribution in [0.3, 0.4) is 0 Å². The molecule has 2 aromatic carbocycles. The lowest BCUT2D eigenvalue weighted by Crippen LogP contribution is -2.26. The summed E-state index contributed by atoms with van der Waals surface area (Å²) < 4.78 is 14.8. The van der Waals surface area contributed by atoms with Crippen LogP contribution in [0.15, 0.2) is 41.9 Å². The monoisotopic (exact) mass is 334 g/mol. The second kappa shape index (κ2) is 6.02. The van der Waals surface area contributed by atoms with Crippen LogP contribution in [0.25, 0.3) is 10.2 Å². The molecule has 0 radical (unpaired) electrons. The van der Waals surface area contributed by atoms with Crippen molar-refractivity contribution in [3.63, 3.8) is 0 Å². The molecule has 1 aromatic heterocycles. The van der Waals surface area contributed by atoms with Crippen molar-refractivity contribution in [3.05, 3.63) is 63.9 Å². The van der Waals surface area contributed by atoms with Crippen LogP contribution in [0, 0.1) is 5.82 Å². The summed E-state index contributed by atoms with van der Waals surface area (Å²) in [5, 5.41) is 0.317. The third-order valence-electron chi connectivity index (χ3n) is 3.38. The van der Waals surface area contributed by atoms with Crippen molar-refractivity contribution in [1.82, 2.24) is 9.88 Å². The van der Waals surface area contributed by atoms with Crippen molar-refractivity contribution < 1.29 is 9.18 Å². The van der Waals surface area contributed by atoms with E-state index in [9.17, 15) is 9.18 Å². The molecule has 112 valence electrons. The zero-order valence-electron chi connectivity index (χ0n) is 11.7. The maximum absolute atomic E-state index is 13.8. The molecule has 0 aliphatic rings. The number of hydrogen-bond donors (Lipinski definition) is 0. The number of fused-ring (bicyclic) bond motifs is 1. The topological polar surface area (TPSA) is 33.2 Å². The maximum Gasteiger partial charge on any atom is 0.253 e. The van der Waals surface area contributed by atoms with Gasteiger partial charge in [0.15, 0.2) is 0 Å². The summed E-state index contributed by atoms with van der Waals surface area (Å²) in [5.74, 6) is -0.598. The van der Waals surface area contributed by atoms with Crippen molar-refractivity contribution in [2.75, 3.05) is 7.05 Å². The molecule has 0 unspecified atom stereocenters. The number of nitrogens with zero attached hydrogens (tertiary/aromatic N) is 2. The first-order chi connectivity index (χ1) is 10.6. The minimum absolute atomic E-state index is 0.116. The van der Waals surface area contributed by atoms with Crippen LogP contribution >= 0.6 is 22.9 Å². The Morgan fingerprint density at radius 2 is 2.18 bits per heavy atom. The number of rotatable bonds is 3. The SMILES string of the molecule is CN(Cc1c(F)cccc1Cl)C(=O)c1ccc2ncsc2c1. The number of aromatic nitrogens is 1. The Balaban J connectivity index is 1.85. The fourth-order valence-corrected chi connectivity index (χ4v) is 3.14. The Hall–Kier alpha value is -1.98. The van der Waals surface area contributed by atoms with Gasteiger partial charge in [0.2, 0.25) is 0 Å². The average Bonchev–Trinajstić information content (AvgIpc) is 2.97. The van der Waals surface area contributed by atoms with Crippen LogP contribution in [0.5, 0.6) is 0 Å². The lowest BCUT2D eigenvalue weighted by molar-refractivity contribution is 0.0784. The predicted molar refractivity (Wildman–Crippen MR) is 86.8 cm³/mol. The van der Waals surface area contributed by atoms with E-state index in [2.05, 4.69) is 4.98 Å². The van der Waals surface area contributed by atoms with Crippen molar-refractivity contribution in [2.24, 2.45) is 0 Å². The Kier molecular flexibility index (Phi) is 4.09. The molecule has 3 aromatic rings. The fourth-order valence-electron chi connectivity index (χ4n) is 2.20. The molecule has 1 heterocycles. The first kappa shape index (κ1) is 14.9. The van der Waals surface area contributed by atoms with Gasteiger partial charge in [0.25, 0.3) is 5.91 Å². The quantitative estimate of drug-likeness (QED) is 0.713. The Morgan fingerprint density at radius 1 is 1.36 bits per heavy atom. The number of carbonyl (C=O) groups excluding carboxylic acids is 1. The van der Waals surface area contributed by atoms with Gasteiger partial charge in [-0.1, -0.05) is 17.7 Å². The average molecular weight is 335 g/mol. The first-order valence-corrected chi connectivity index (χ1v) is 7.83. The second-order valence-corrected chi connectivity index (χ2v) is 6.19. The smallest absolute Gasteiger partial charge is 0.253 e. The number of thiazole rings is 1. The molecule has 0 atom stereocenters. The van der Waals surface area contributed by atoms with Gasteiger partial charge in [0.1, 0.15) is 5.82 Å². The van der Waals surface area contributed by atoms with Crippen molar-refractivity contribution >= 4 is 39.1 Å². The van der Waals surface area contributed by atoms with Gasteiger partial charge in [0.05, 0.1) is 15.7 Å². The minimum Gasteiger partial charge on any atom is -0.337 e. The lowest BCUT2D eigenvalue weighted by atomic mass is 10.1. The van der Waals surface area contributed by atoms with E-state index in [0.29, 0.717) is 16.1 Å². The summed E-state index contributed by atoms with van der Waals surface area (Å²) in [6, 6.07) is 9.83. The van der Waals surface area contributed by atoms with E-state index < -0.39 is 5.82 Å². The molecule has 3 nitrogen and oxygen atoms in total. The molecule has 1 amide bonds. The summed E-state index contributed by atoms with van der Waals surface area (Å²) in [5.41, 5.74) is 3.47. The van der Waals surface area contributed by atoms with E-state index in [0.717, 1.165) is 10.2 Å². The molecule has 0 fully saturated rings. The molecule has 0 saturated carbocycles. The second-order valence-electron chi connectivity index (χ2n) is 4.90. The number of hydrogen-bond acceptors (Lipinski definition) is 3. The molecular weight excluding hydrogens is 323 g/mol. The van der Waals surface area contributed by atoms with E-state index in [4.69, 9.17) is 11.6 Å². The van der Waals surface area contributed by atoms with E-state index in [1.807, 2.05) is 6.07 Å². The highest BCUT2D eigenvalue weighted by Crippen LogP contribution is 2.23. The van der Waals surface area contributed by atoms with Gasteiger partial charge in [-0.05, 0) is 30.3 Å². The van der Waals surface area contributed by atoms with Crippen molar-refractivity contribution in [3.8, 4) is 0 Å². The lowest BCUT2D eigenvalue weighted by Gasteiger charge is -2.18. The predicted octanol–water partition coefficient (Wildman–Crippen LogP) is 4.36. The minimum atomic E-state index is -0.412. The summed E-state index contributed by atoms with van der Waals surface area (Å²) >= 11 is 7.48. The number of amides is 1. The molecule has 0 saturated heterocycles. The van der Waals surface area contributed by atoms with Gasteiger partial charge in [-0.2, -0.15) is 0 Å². The zero-order valence-corrected chi connectivity index (χ0v) is 13.3. The van der Waals surface area contributed by atoms with E-state index in [1.165, 1.54) is 22.3 Å². The highest BCUT2D eigenvalue weighted by atomic mass is 35.5. The van der Waals surface area contributed by atoms with E-state index in [-0.39, 0.29) is 12.5 Å². The molecule has 6 heteroatoms. The molecule has 0 N–H and O–H groups in total. The van der Waals surface area contributed by atoms with Crippen molar-refractivity contribution in [2.45, 2.75) is 6.54 Å². The van der Waals surface area contributed by atoms with Crippen molar-refractivity contribution in [1.29, 1.82) is 0 Å². The van der Waals surface area contributed by atoms with Gasteiger partial charge in [-0.25, -0.2) is 9.37 Å². The third kappa shape index (κ3) is 2.82. The maximum atomic E-state index is 13.8. The van der Waals surface area contributed by atoms with Crippen LogP contribution in [-0.4, -0.2) is 22.8 Å². The van der Waals surface area contributed by atoms with Crippen LogP contribution in [0.4, 0.5) is 4.39 Å². The normalized spacial score (nSPS) is 10.9. The largest absolute Gasteiger partial charge is 0.337 e. The molecule has 0 aliphatic heterocycles. The standard InChI is InChI=1S/C16H12ClFN2OS/c1-20(8-11-12(17)3-2-4-13(11)18)16(21)10-5-6-14-15(7-10)22-9-19-14/h2-7,9H,8H2,1H3. The zero-order chi connectivity index (χ0) is 15.7. The van der Waals surface area contributed by atoms with Crippen LogP contribution < -0.4 is 0 Å². The third-order valence-corrected chi connectivity index (χ3v) is 4.53. The Labute approximate surface area is 136 Å². The van der Waals surface area contributed by atoms with Gasteiger partial charge < -0.3 is 4.90 Å². The summed E-state index contributed by atoms with van der Waals surface area (Å²) in [4.78, 5) is 18.1. The van der Waals surface area contributed by atoms with Gasteiger partial charge >= 0.3 is 0 Å². The summed E-state index contributed by atoms with van der Waals surface area (Å²) in [6.45, 7) is 0.116. The first-order valence-electron chi connectivity index (χ1n) is 6.58. The molecule has 0 bridgehead atoms. The van der Waals surface area contributed by atoms with Gasteiger partial charge in [0, 0.05) is 29.7 Å². The molecule has 0 spiro atoms.